The lowest BCUT2D eigenvalue weighted by Gasteiger charge is -2.15. The molecular weight excluding hydrogens is 264 g/mol. The van der Waals surface area contributed by atoms with Gasteiger partial charge in [-0.25, -0.2) is 9.67 Å². The highest BCUT2D eigenvalue weighted by Gasteiger charge is 2.11. The molecule has 0 spiro atoms. The van der Waals surface area contributed by atoms with E-state index in [0.717, 1.165) is 17.1 Å². The maximum atomic E-state index is 4.38. The summed E-state index contributed by atoms with van der Waals surface area (Å²) in [6.45, 7) is 4.16. The van der Waals surface area contributed by atoms with Gasteiger partial charge in [-0.1, -0.05) is 0 Å². The second kappa shape index (κ2) is 5.40. The molecule has 1 atom stereocenters. The minimum atomic E-state index is 0.205. The number of anilines is 1. The van der Waals surface area contributed by atoms with Crippen molar-refractivity contribution in [2.75, 3.05) is 5.32 Å². The molecule has 3 rings (SSSR count). The molecule has 108 valence electrons. The lowest BCUT2D eigenvalue weighted by atomic mass is 10.1. The Labute approximate surface area is 123 Å². The predicted molar refractivity (Wildman–Crippen MR) is 81.3 cm³/mol. The molecule has 6 heteroatoms. The summed E-state index contributed by atoms with van der Waals surface area (Å²) in [6.07, 6.45) is 5.26. The zero-order valence-electron chi connectivity index (χ0n) is 12.4. The molecule has 1 unspecified atom stereocenters. The zero-order chi connectivity index (χ0) is 14.8. The van der Waals surface area contributed by atoms with Crippen LogP contribution < -0.4 is 5.32 Å². The summed E-state index contributed by atoms with van der Waals surface area (Å²) >= 11 is 0. The lowest BCUT2D eigenvalue weighted by Crippen LogP contribution is -2.07. The van der Waals surface area contributed by atoms with E-state index in [0.29, 0.717) is 0 Å². The van der Waals surface area contributed by atoms with Gasteiger partial charge in [0.1, 0.15) is 12.7 Å². The lowest BCUT2D eigenvalue weighted by molar-refractivity contribution is 0.756. The first-order chi connectivity index (χ1) is 10.1. The van der Waals surface area contributed by atoms with Gasteiger partial charge in [0.25, 0.3) is 0 Å². The quantitative estimate of drug-likeness (QED) is 0.798. The number of hydrogen-bond acceptors (Lipinski definition) is 4. The van der Waals surface area contributed by atoms with E-state index in [1.54, 1.807) is 11.0 Å². The van der Waals surface area contributed by atoms with Crippen molar-refractivity contribution < 1.29 is 0 Å². The van der Waals surface area contributed by atoms with E-state index >= 15 is 0 Å². The predicted octanol–water partition coefficient (Wildman–Crippen LogP) is 2.48. The monoisotopic (exact) mass is 282 g/mol. The van der Waals surface area contributed by atoms with Crippen molar-refractivity contribution in [3.63, 3.8) is 0 Å². The molecule has 2 heterocycles. The smallest absolute Gasteiger partial charge is 0.138 e. The minimum absolute atomic E-state index is 0.205. The van der Waals surface area contributed by atoms with Crippen molar-refractivity contribution in [3.8, 4) is 5.69 Å². The van der Waals surface area contributed by atoms with Gasteiger partial charge in [0.05, 0.1) is 17.4 Å². The maximum absolute atomic E-state index is 4.38. The van der Waals surface area contributed by atoms with Crippen LogP contribution in [0.2, 0.25) is 0 Å². The van der Waals surface area contributed by atoms with Crippen LogP contribution in [-0.4, -0.2) is 24.5 Å². The Morgan fingerprint density at radius 2 is 1.95 bits per heavy atom. The summed E-state index contributed by atoms with van der Waals surface area (Å²) in [5.74, 6) is 0. The van der Waals surface area contributed by atoms with E-state index in [-0.39, 0.29) is 6.04 Å². The molecule has 2 aromatic heterocycles. The van der Waals surface area contributed by atoms with Crippen LogP contribution >= 0.6 is 0 Å². The van der Waals surface area contributed by atoms with Crippen LogP contribution in [0.1, 0.15) is 24.2 Å². The molecule has 0 aliphatic carbocycles. The third kappa shape index (κ3) is 2.79. The molecule has 0 radical (unpaired) electrons. The fourth-order valence-corrected chi connectivity index (χ4v) is 2.42. The highest BCUT2D eigenvalue weighted by molar-refractivity contribution is 5.50. The van der Waals surface area contributed by atoms with Gasteiger partial charge in [0.15, 0.2) is 0 Å². The first-order valence-electron chi connectivity index (χ1n) is 6.85. The Bertz CT molecular complexity index is 711. The van der Waals surface area contributed by atoms with E-state index in [1.807, 2.05) is 42.9 Å². The minimum Gasteiger partial charge on any atom is -0.378 e. The molecule has 1 aromatic carbocycles. The van der Waals surface area contributed by atoms with Gasteiger partial charge in [-0.05, 0) is 38.1 Å². The number of nitrogens with zero attached hydrogens (tertiary/aromatic N) is 5. The summed E-state index contributed by atoms with van der Waals surface area (Å²) in [6, 6.07) is 8.31. The Morgan fingerprint density at radius 1 is 1.19 bits per heavy atom. The number of aryl methyl sites for hydroxylation is 2. The van der Waals surface area contributed by atoms with E-state index in [9.17, 15) is 0 Å². The number of benzene rings is 1. The molecule has 0 aliphatic rings. The van der Waals surface area contributed by atoms with E-state index in [1.165, 1.54) is 11.9 Å². The Balaban J connectivity index is 1.74. The van der Waals surface area contributed by atoms with E-state index in [2.05, 4.69) is 33.6 Å². The number of hydrogen-bond donors (Lipinski definition) is 1. The van der Waals surface area contributed by atoms with Gasteiger partial charge in [-0.2, -0.15) is 10.2 Å². The third-order valence-electron chi connectivity index (χ3n) is 3.45. The van der Waals surface area contributed by atoms with Gasteiger partial charge in [-0.15, -0.1) is 0 Å². The summed E-state index contributed by atoms with van der Waals surface area (Å²) in [4.78, 5) is 3.95. The van der Waals surface area contributed by atoms with Crippen LogP contribution in [0.15, 0.2) is 43.1 Å². The van der Waals surface area contributed by atoms with E-state index in [4.69, 9.17) is 0 Å². The average Bonchev–Trinajstić information content (AvgIpc) is 3.09. The summed E-state index contributed by atoms with van der Waals surface area (Å²) in [5, 5.41) is 12.0. The Hall–Kier alpha value is -2.63. The molecule has 1 N–H and O–H groups in total. The number of aromatic nitrogens is 5. The molecule has 0 bridgehead atoms. The molecule has 0 saturated heterocycles. The first-order valence-corrected chi connectivity index (χ1v) is 6.85. The fourth-order valence-electron chi connectivity index (χ4n) is 2.42. The summed E-state index contributed by atoms with van der Waals surface area (Å²) < 4.78 is 3.58. The van der Waals surface area contributed by atoms with Gasteiger partial charge in [0, 0.05) is 24.5 Å². The second-order valence-corrected chi connectivity index (χ2v) is 5.10. The van der Waals surface area contributed by atoms with Crippen molar-refractivity contribution in [1.29, 1.82) is 0 Å². The average molecular weight is 282 g/mol. The number of rotatable bonds is 4. The Morgan fingerprint density at radius 3 is 2.52 bits per heavy atom. The Kier molecular flexibility index (Phi) is 3.43. The van der Waals surface area contributed by atoms with Crippen molar-refractivity contribution in [3.05, 3.63) is 54.4 Å². The normalized spacial score (nSPS) is 12.3. The van der Waals surface area contributed by atoms with Crippen molar-refractivity contribution in [1.82, 2.24) is 24.5 Å². The molecule has 0 aliphatic heterocycles. The largest absolute Gasteiger partial charge is 0.378 e. The van der Waals surface area contributed by atoms with Gasteiger partial charge in [-0.3, -0.25) is 4.68 Å². The van der Waals surface area contributed by atoms with Crippen molar-refractivity contribution >= 4 is 5.69 Å². The van der Waals surface area contributed by atoms with Crippen LogP contribution in [0.5, 0.6) is 0 Å². The number of nitrogens with one attached hydrogen (secondary N) is 1. The maximum Gasteiger partial charge on any atom is 0.138 e. The first kappa shape index (κ1) is 13.4. The van der Waals surface area contributed by atoms with Crippen LogP contribution in [0, 0.1) is 6.92 Å². The third-order valence-corrected chi connectivity index (χ3v) is 3.45. The van der Waals surface area contributed by atoms with Gasteiger partial charge < -0.3 is 5.32 Å². The molecule has 6 nitrogen and oxygen atoms in total. The highest BCUT2D eigenvalue weighted by atomic mass is 15.3. The van der Waals surface area contributed by atoms with E-state index < -0.39 is 0 Å². The van der Waals surface area contributed by atoms with Crippen molar-refractivity contribution in [2.45, 2.75) is 19.9 Å². The highest BCUT2D eigenvalue weighted by Crippen LogP contribution is 2.22. The van der Waals surface area contributed by atoms with Crippen LogP contribution in [-0.2, 0) is 7.05 Å². The molecule has 0 saturated carbocycles. The molecular formula is C15H18N6. The molecule has 3 aromatic rings. The van der Waals surface area contributed by atoms with Crippen molar-refractivity contribution in [2.24, 2.45) is 7.05 Å². The standard InChI is InChI=1S/C15H18N6/c1-11(15-8-20(3)19-12(15)2)18-13-4-6-14(7-5-13)21-10-16-9-17-21/h4-11,18H,1-3H3. The fraction of sp³-hybridized carbons (Fsp3) is 0.267. The van der Waals surface area contributed by atoms with Gasteiger partial charge >= 0.3 is 0 Å². The zero-order valence-corrected chi connectivity index (χ0v) is 12.4. The molecule has 0 fully saturated rings. The van der Waals surface area contributed by atoms with Crippen LogP contribution in [0.4, 0.5) is 5.69 Å². The summed E-state index contributed by atoms with van der Waals surface area (Å²) in [7, 11) is 1.94. The molecule has 0 amide bonds. The SMILES string of the molecule is Cc1nn(C)cc1C(C)Nc1ccc(-n2cncn2)cc1. The van der Waals surface area contributed by atoms with Crippen LogP contribution in [0.25, 0.3) is 5.69 Å². The topological polar surface area (TPSA) is 60.6 Å². The van der Waals surface area contributed by atoms with Crippen LogP contribution in [0.3, 0.4) is 0 Å². The second-order valence-electron chi connectivity index (χ2n) is 5.10. The summed E-state index contributed by atoms with van der Waals surface area (Å²) in [5.41, 5.74) is 4.31. The van der Waals surface area contributed by atoms with Gasteiger partial charge in [0.2, 0.25) is 0 Å². The molecule has 21 heavy (non-hydrogen) atoms.